The minimum atomic E-state index is 0.718. The van der Waals surface area contributed by atoms with E-state index in [-0.39, 0.29) is 0 Å². The van der Waals surface area contributed by atoms with Crippen molar-refractivity contribution in [2.24, 2.45) is 7.05 Å². The minimum Gasteiger partial charge on any atom is -0.352 e. The smallest absolute Gasteiger partial charge is 0.133 e. The maximum absolute atomic E-state index is 4.51. The number of halogens is 1. The van der Waals surface area contributed by atoms with Gasteiger partial charge in [-0.3, -0.25) is 0 Å². The van der Waals surface area contributed by atoms with Crippen LogP contribution in [0.5, 0.6) is 0 Å². The Kier molecular flexibility index (Phi) is 3.96. The summed E-state index contributed by atoms with van der Waals surface area (Å²) in [6.07, 6.45) is 4.57. The summed E-state index contributed by atoms with van der Waals surface area (Å²) in [5.41, 5.74) is 0. The molecule has 2 aromatic rings. The highest BCUT2D eigenvalue weighted by atomic mass is 79.9. The Labute approximate surface area is 115 Å². The molecule has 0 aliphatic rings. The van der Waals surface area contributed by atoms with Gasteiger partial charge >= 0.3 is 0 Å². The van der Waals surface area contributed by atoms with E-state index in [1.807, 2.05) is 37.8 Å². The molecule has 2 aromatic heterocycles. The summed E-state index contributed by atoms with van der Waals surface area (Å²) in [5, 5.41) is 0. The highest BCUT2D eigenvalue weighted by Gasteiger charge is 2.09. The average molecular weight is 310 g/mol. The predicted octanol–water partition coefficient (Wildman–Crippen LogP) is 2.17. The van der Waals surface area contributed by atoms with Crippen LogP contribution in [0.3, 0.4) is 0 Å². The molecular formula is C12H16BrN5. The average Bonchev–Trinajstić information content (AvgIpc) is 2.74. The van der Waals surface area contributed by atoms with Crippen molar-refractivity contribution in [2.45, 2.75) is 19.9 Å². The number of nitrogens with zero attached hydrogens (tertiary/aromatic N) is 5. The molecule has 96 valence electrons. The molecule has 2 heterocycles. The molecule has 0 radical (unpaired) electrons. The lowest BCUT2D eigenvalue weighted by atomic mass is 10.4. The van der Waals surface area contributed by atoms with Gasteiger partial charge < -0.3 is 9.47 Å². The molecule has 0 bridgehead atoms. The Hall–Kier alpha value is -1.43. The Balaban J connectivity index is 2.20. The van der Waals surface area contributed by atoms with Gasteiger partial charge in [-0.05, 0) is 15.9 Å². The molecule has 0 fully saturated rings. The summed E-state index contributed by atoms with van der Waals surface area (Å²) in [6.45, 7) is 2.76. The molecule has 18 heavy (non-hydrogen) atoms. The van der Waals surface area contributed by atoms with E-state index in [2.05, 4.69) is 35.8 Å². The molecular weight excluding hydrogens is 294 g/mol. The second-order valence-electron chi connectivity index (χ2n) is 4.13. The fourth-order valence-corrected chi connectivity index (χ4v) is 2.06. The molecule has 0 amide bonds. The molecule has 2 rings (SSSR count). The largest absolute Gasteiger partial charge is 0.352 e. The highest BCUT2D eigenvalue weighted by molar-refractivity contribution is 9.10. The normalized spacial score (nSPS) is 10.7. The molecule has 0 aliphatic carbocycles. The van der Waals surface area contributed by atoms with Gasteiger partial charge in [-0.15, -0.1) is 0 Å². The molecule has 5 nitrogen and oxygen atoms in total. The van der Waals surface area contributed by atoms with E-state index in [0.717, 1.165) is 35.0 Å². The first kappa shape index (κ1) is 13.0. The number of rotatable bonds is 4. The van der Waals surface area contributed by atoms with Crippen molar-refractivity contribution in [2.75, 3.05) is 11.9 Å². The lowest BCUT2D eigenvalue weighted by Crippen LogP contribution is -2.20. The van der Waals surface area contributed by atoms with Gasteiger partial charge in [-0.25, -0.2) is 15.0 Å². The van der Waals surface area contributed by atoms with Gasteiger partial charge in [-0.1, -0.05) is 6.92 Å². The molecule has 0 N–H and O–H groups in total. The van der Waals surface area contributed by atoms with Crippen molar-refractivity contribution < 1.29 is 0 Å². The van der Waals surface area contributed by atoms with Gasteiger partial charge in [0.05, 0.1) is 6.54 Å². The fourth-order valence-electron chi connectivity index (χ4n) is 1.65. The number of hydrogen-bond donors (Lipinski definition) is 0. The Morgan fingerprint density at radius 3 is 2.78 bits per heavy atom. The summed E-state index contributed by atoms with van der Waals surface area (Å²) >= 11 is 3.42. The van der Waals surface area contributed by atoms with E-state index >= 15 is 0 Å². The van der Waals surface area contributed by atoms with E-state index in [1.54, 1.807) is 6.20 Å². The monoisotopic (exact) mass is 309 g/mol. The van der Waals surface area contributed by atoms with Crippen LogP contribution in [0.15, 0.2) is 23.1 Å². The lowest BCUT2D eigenvalue weighted by Gasteiger charge is -2.18. The van der Waals surface area contributed by atoms with Crippen LogP contribution in [0, 0.1) is 0 Å². The van der Waals surface area contributed by atoms with Crippen LogP contribution in [0.4, 0.5) is 5.82 Å². The molecule has 0 aliphatic heterocycles. The third-order valence-corrected chi connectivity index (χ3v) is 3.14. The Morgan fingerprint density at radius 1 is 1.39 bits per heavy atom. The van der Waals surface area contributed by atoms with Crippen LogP contribution in [0.2, 0.25) is 0 Å². The van der Waals surface area contributed by atoms with Crippen LogP contribution in [0.25, 0.3) is 0 Å². The summed E-state index contributed by atoms with van der Waals surface area (Å²) in [7, 11) is 3.99. The summed E-state index contributed by atoms with van der Waals surface area (Å²) in [6, 6.07) is 1.92. The Bertz CT molecular complexity index is 537. The first-order chi connectivity index (χ1) is 8.60. The standard InChI is InChI=1S/C12H16BrN5/c1-4-10-15-9(13)7-11(16-10)18(3)8-12-14-5-6-17(12)2/h5-7H,4,8H2,1-3H3. The van der Waals surface area contributed by atoms with Crippen molar-refractivity contribution >= 4 is 21.7 Å². The van der Waals surface area contributed by atoms with E-state index in [0.29, 0.717) is 0 Å². The zero-order chi connectivity index (χ0) is 13.1. The lowest BCUT2D eigenvalue weighted by molar-refractivity contribution is 0.750. The van der Waals surface area contributed by atoms with Crippen molar-refractivity contribution in [3.8, 4) is 0 Å². The molecule has 0 spiro atoms. The van der Waals surface area contributed by atoms with Crippen LogP contribution in [0.1, 0.15) is 18.6 Å². The highest BCUT2D eigenvalue weighted by Crippen LogP contribution is 2.17. The summed E-state index contributed by atoms with van der Waals surface area (Å²) < 4.78 is 2.82. The van der Waals surface area contributed by atoms with Crippen molar-refractivity contribution in [1.29, 1.82) is 0 Å². The minimum absolute atomic E-state index is 0.718. The zero-order valence-corrected chi connectivity index (χ0v) is 12.3. The van der Waals surface area contributed by atoms with Crippen LogP contribution in [-0.4, -0.2) is 26.6 Å². The second kappa shape index (κ2) is 5.48. The number of anilines is 1. The molecule has 0 saturated carbocycles. The number of hydrogen-bond acceptors (Lipinski definition) is 4. The third kappa shape index (κ3) is 2.87. The van der Waals surface area contributed by atoms with E-state index in [9.17, 15) is 0 Å². The maximum atomic E-state index is 4.51. The van der Waals surface area contributed by atoms with Gasteiger partial charge in [0, 0.05) is 39.0 Å². The zero-order valence-electron chi connectivity index (χ0n) is 10.8. The number of imidazole rings is 1. The van der Waals surface area contributed by atoms with Crippen molar-refractivity contribution in [3.05, 3.63) is 34.7 Å². The quantitative estimate of drug-likeness (QED) is 0.812. The SMILES string of the molecule is CCc1nc(Br)cc(N(C)Cc2nccn2C)n1. The topological polar surface area (TPSA) is 46.8 Å². The van der Waals surface area contributed by atoms with Gasteiger partial charge in [0.25, 0.3) is 0 Å². The molecule has 6 heteroatoms. The third-order valence-electron chi connectivity index (χ3n) is 2.73. The second-order valence-corrected chi connectivity index (χ2v) is 4.94. The van der Waals surface area contributed by atoms with E-state index in [1.165, 1.54) is 0 Å². The maximum Gasteiger partial charge on any atom is 0.133 e. The molecule has 0 unspecified atom stereocenters. The van der Waals surface area contributed by atoms with Crippen molar-refractivity contribution in [1.82, 2.24) is 19.5 Å². The molecule has 0 saturated heterocycles. The van der Waals surface area contributed by atoms with Crippen LogP contribution >= 0.6 is 15.9 Å². The van der Waals surface area contributed by atoms with Gasteiger partial charge in [0.15, 0.2) is 0 Å². The van der Waals surface area contributed by atoms with Gasteiger partial charge in [0.2, 0.25) is 0 Å². The van der Waals surface area contributed by atoms with E-state index in [4.69, 9.17) is 0 Å². The fraction of sp³-hybridized carbons (Fsp3) is 0.417. The first-order valence-corrected chi connectivity index (χ1v) is 6.60. The van der Waals surface area contributed by atoms with Crippen molar-refractivity contribution in [3.63, 3.8) is 0 Å². The summed E-state index contributed by atoms with van der Waals surface area (Å²) in [5.74, 6) is 2.74. The summed E-state index contributed by atoms with van der Waals surface area (Å²) in [4.78, 5) is 15.2. The van der Waals surface area contributed by atoms with Crippen LogP contribution in [-0.2, 0) is 20.0 Å². The predicted molar refractivity (Wildman–Crippen MR) is 74.4 cm³/mol. The molecule has 0 atom stereocenters. The van der Waals surface area contributed by atoms with Gasteiger partial charge in [-0.2, -0.15) is 0 Å². The number of aryl methyl sites for hydroxylation is 2. The van der Waals surface area contributed by atoms with Crippen LogP contribution < -0.4 is 4.90 Å². The van der Waals surface area contributed by atoms with Gasteiger partial charge in [0.1, 0.15) is 22.1 Å². The first-order valence-electron chi connectivity index (χ1n) is 5.81. The molecule has 0 aromatic carbocycles. The number of aromatic nitrogens is 4. The Morgan fingerprint density at radius 2 is 2.17 bits per heavy atom. The van der Waals surface area contributed by atoms with E-state index < -0.39 is 0 Å².